The van der Waals surface area contributed by atoms with Gasteiger partial charge in [-0.3, -0.25) is 4.79 Å². The second-order valence-corrected chi connectivity index (χ2v) is 5.25. The summed E-state index contributed by atoms with van der Waals surface area (Å²) in [6.45, 7) is 0. The summed E-state index contributed by atoms with van der Waals surface area (Å²) in [5, 5.41) is 2.51. The van der Waals surface area contributed by atoms with Gasteiger partial charge in [-0.05, 0) is 29.3 Å². The predicted octanol–water partition coefficient (Wildman–Crippen LogP) is 2.41. The molecule has 0 radical (unpaired) electrons. The van der Waals surface area contributed by atoms with Crippen molar-refractivity contribution < 1.29 is 23.1 Å². The fourth-order valence-electron chi connectivity index (χ4n) is 2.30. The van der Waals surface area contributed by atoms with Crippen molar-refractivity contribution in [3.8, 4) is 0 Å². The molecule has 0 bridgehead atoms. The summed E-state index contributed by atoms with van der Waals surface area (Å²) in [6, 6.07) is 10.6. The van der Waals surface area contributed by atoms with Crippen molar-refractivity contribution in [1.29, 1.82) is 0 Å². The van der Waals surface area contributed by atoms with E-state index in [9.17, 15) is 18.4 Å². The van der Waals surface area contributed by atoms with Crippen LogP contribution in [0.4, 0.5) is 8.78 Å². The molecule has 2 aromatic carbocycles. The fourth-order valence-corrected chi connectivity index (χ4v) is 2.30. The molecule has 0 spiro atoms. The molecule has 4 nitrogen and oxygen atoms in total. The van der Waals surface area contributed by atoms with Crippen LogP contribution in [0.25, 0.3) is 0 Å². The first kappa shape index (κ1) is 17.6. The van der Waals surface area contributed by atoms with Gasteiger partial charge < -0.3 is 10.1 Å². The highest BCUT2D eigenvalue weighted by Gasteiger charge is 2.23. The van der Waals surface area contributed by atoms with Gasteiger partial charge in [0.15, 0.2) is 0 Å². The van der Waals surface area contributed by atoms with Gasteiger partial charge in [-0.15, -0.1) is 0 Å². The largest absolute Gasteiger partial charge is 0.467 e. The van der Waals surface area contributed by atoms with Crippen molar-refractivity contribution in [3.63, 3.8) is 0 Å². The Morgan fingerprint density at radius 3 is 2.54 bits per heavy atom. The third kappa shape index (κ3) is 4.87. The van der Waals surface area contributed by atoms with E-state index in [-0.39, 0.29) is 12.8 Å². The quantitative estimate of drug-likeness (QED) is 0.826. The van der Waals surface area contributed by atoms with Crippen LogP contribution in [0.5, 0.6) is 0 Å². The molecule has 126 valence electrons. The number of nitrogens with one attached hydrogen (secondary N) is 1. The van der Waals surface area contributed by atoms with Gasteiger partial charge in [0.05, 0.1) is 13.5 Å². The Balaban J connectivity index is 2.07. The molecular weight excluding hydrogens is 316 g/mol. The van der Waals surface area contributed by atoms with Gasteiger partial charge in [-0.25, -0.2) is 13.6 Å². The van der Waals surface area contributed by atoms with Crippen LogP contribution in [0.3, 0.4) is 0 Å². The molecule has 2 rings (SSSR count). The van der Waals surface area contributed by atoms with Crippen molar-refractivity contribution in [2.45, 2.75) is 18.9 Å². The molecule has 0 saturated carbocycles. The molecule has 0 heterocycles. The van der Waals surface area contributed by atoms with Crippen LogP contribution in [0.2, 0.25) is 0 Å². The first-order valence-corrected chi connectivity index (χ1v) is 7.34. The molecule has 0 aromatic heterocycles. The second kappa shape index (κ2) is 8.19. The Kier molecular flexibility index (Phi) is 6.01. The lowest BCUT2D eigenvalue weighted by Gasteiger charge is -2.17. The minimum atomic E-state index is -1.02. The van der Waals surface area contributed by atoms with Crippen molar-refractivity contribution in [3.05, 3.63) is 71.3 Å². The molecule has 0 saturated heterocycles. The third-order valence-electron chi connectivity index (χ3n) is 3.46. The van der Waals surface area contributed by atoms with Crippen molar-refractivity contribution in [2.75, 3.05) is 7.11 Å². The SMILES string of the molecule is COC(=O)[C@@H](Cc1ccccc1F)NC(=O)Cc1cccc(F)c1. The van der Waals surface area contributed by atoms with E-state index in [1.807, 2.05) is 0 Å². The van der Waals surface area contributed by atoms with Crippen LogP contribution in [0.15, 0.2) is 48.5 Å². The van der Waals surface area contributed by atoms with Crippen LogP contribution in [0, 0.1) is 11.6 Å². The summed E-state index contributed by atoms with van der Waals surface area (Å²) in [4.78, 5) is 23.9. The third-order valence-corrected chi connectivity index (χ3v) is 3.46. The summed E-state index contributed by atoms with van der Waals surface area (Å²) >= 11 is 0. The zero-order valence-electron chi connectivity index (χ0n) is 13.1. The molecule has 0 aliphatic heterocycles. The summed E-state index contributed by atoms with van der Waals surface area (Å²) in [7, 11) is 1.19. The number of ether oxygens (including phenoxy) is 1. The number of carbonyl (C=O) groups is 2. The molecule has 24 heavy (non-hydrogen) atoms. The van der Waals surface area contributed by atoms with Crippen molar-refractivity contribution in [2.24, 2.45) is 0 Å². The van der Waals surface area contributed by atoms with Crippen LogP contribution >= 0.6 is 0 Å². The van der Waals surface area contributed by atoms with Gasteiger partial charge in [-0.2, -0.15) is 0 Å². The van der Waals surface area contributed by atoms with Crippen LogP contribution in [-0.2, 0) is 27.2 Å². The lowest BCUT2D eigenvalue weighted by atomic mass is 10.0. The molecular formula is C18H17F2NO3. The van der Waals surface area contributed by atoms with Crippen molar-refractivity contribution in [1.82, 2.24) is 5.32 Å². The van der Waals surface area contributed by atoms with E-state index in [0.29, 0.717) is 11.1 Å². The Bertz CT molecular complexity index is 734. The standard InChI is InChI=1S/C18H17F2NO3/c1-24-18(23)16(11-13-6-2-3-8-15(13)20)21-17(22)10-12-5-4-7-14(19)9-12/h2-9,16H,10-11H2,1H3,(H,21,22)/t16-/m1/s1. The Morgan fingerprint density at radius 1 is 1.12 bits per heavy atom. The summed E-state index contributed by atoms with van der Waals surface area (Å²) < 4.78 is 31.5. The van der Waals surface area contributed by atoms with E-state index < -0.39 is 29.6 Å². The molecule has 1 atom stereocenters. The van der Waals surface area contributed by atoms with Gasteiger partial charge in [-0.1, -0.05) is 30.3 Å². The molecule has 1 N–H and O–H groups in total. The highest BCUT2D eigenvalue weighted by molar-refractivity contribution is 5.85. The number of methoxy groups -OCH3 is 1. The van der Waals surface area contributed by atoms with E-state index in [2.05, 4.69) is 10.1 Å². The maximum atomic E-state index is 13.7. The summed E-state index contributed by atoms with van der Waals surface area (Å²) in [5.41, 5.74) is 0.765. The van der Waals surface area contributed by atoms with E-state index in [4.69, 9.17) is 0 Å². The highest BCUT2D eigenvalue weighted by atomic mass is 19.1. The Morgan fingerprint density at radius 2 is 1.88 bits per heavy atom. The number of carbonyl (C=O) groups excluding carboxylic acids is 2. The lowest BCUT2D eigenvalue weighted by molar-refractivity contribution is -0.145. The zero-order chi connectivity index (χ0) is 17.5. The van der Waals surface area contributed by atoms with Gasteiger partial charge >= 0.3 is 5.97 Å². The monoisotopic (exact) mass is 333 g/mol. The van der Waals surface area contributed by atoms with E-state index >= 15 is 0 Å². The Labute approximate surface area is 138 Å². The average Bonchev–Trinajstić information content (AvgIpc) is 2.55. The fraction of sp³-hybridized carbons (Fsp3) is 0.222. The lowest BCUT2D eigenvalue weighted by Crippen LogP contribution is -2.43. The van der Waals surface area contributed by atoms with Gasteiger partial charge in [0.1, 0.15) is 17.7 Å². The number of hydrogen-bond acceptors (Lipinski definition) is 3. The molecule has 1 amide bonds. The van der Waals surface area contributed by atoms with E-state index in [0.717, 1.165) is 0 Å². The van der Waals surface area contributed by atoms with E-state index in [1.165, 1.54) is 43.5 Å². The normalized spacial score (nSPS) is 11.6. The second-order valence-electron chi connectivity index (χ2n) is 5.25. The molecule has 0 aliphatic rings. The molecule has 0 aliphatic carbocycles. The van der Waals surface area contributed by atoms with Crippen LogP contribution in [0.1, 0.15) is 11.1 Å². The van der Waals surface area contributed by atoms with Crippen molar-refractivity contribution >= 4 is 11.9 Å². The smallest absolute Gasteiger partial charge is 0.328 e. The number of rotatable bonds is 6. The Hall–Kier alpha value is -2.76. The van der Waals surface area contributed by atoms with Gasteiger partial charge in [0.2, 0.25) is 5.91 Å². The first-order chi connectivity index (χ1) is 11.5. The zero-order valence-corrected chi connectivity index (χ0v) is 13.1. The van der Waals surface area contributed by atoms with E-state index in [1.54, 1.807) is 12.1 Å². The first-order valence-electron chi connectivity index (χ1n) is 7.34. The average molecular weight is 333 g/mol. The number of halogens is 2. The maximum Gasteiger partial charge on any atom is 0.328 e. The summed E-state index contributed by atoms with van der Waals surface area (Å²) in [6.07, 6.45) is -0.128. The van der Waals surface area contributed by atoms with Crippen LogP contribution < -0.4 is 5.32 Å². The van der Waals surface area contributed by atoms with Gasteiger partial charge in [0, 0.05) is 6.42 Å². The minimum Gasteiger partial charge on any atom is -0.467 e. The maximum absolute atomic E-state index is 13.7. The van der Waals surface area contributed by atoms with Gasteiger partial charge in [0.25, 0.3) is 0 Å². The summed E-state index contributed by atoms with van der Waals surface area (Å²) in [5.74, 6) is -2.07. The van der Waals surface area contributed by atoms with Crippen LogP contribution in [-0.4, -0.2) is 25.0 Å². The topological polar surface area (TPSA) is 55.4 Å². The highest BCUT2D eigenvalue weighted by Crippen LogP contribution is 2.11. The number of amides is 1. The predicted molar refractivity (Wildman–Crippen MR) is 84.2 cm³/mol. The number of hydrogen-bond donors (Lipinski definition) is 1. The number of benzene rings is 2. The molecule has 0 fully saturated rings. The molecule has 2 aromatic rings. The molecule has 0 unspecified atom stereocenters. The minimum absolute atomic E-state index is 0.0335. The molecule has 6 heteroatoms. The number of esters is 1.